The van der Waals surface area contributed by atoms with Crippen molar-refractivity contribution in [2.45, 2.75) is 25.4 Å². The van der Waals surface area contributed by atoms with Crippen molar-refractivity contribution in [1.82, 2.24) is 0 Å². The molecule has 0 saturated heterocycles. The third-order valence-corrected chi connectivity index (χ3v) is 4.15. The zero-order valence-corrected chi connectivity index (χ0v) is 12.2. The van der Waals surface area contributed by atoms with Gasteiger partial charge in [0.15, 0.2) is 0 Å². The van der Waals surface area contributed by atoms with Gasteiger partial charge in [-0.25, -0.2) is 4.79 Å². The van der Waals surface area contributed by atoms with E-state index in [0.29, 0.717) is 11.3 Å². The number of benzene rings is 1. The first-order chi connectivity index (χ1) is 9.45. The maximum Gasteiger partial charge on any atom is 0.372 e. The number of hydrogen-bond donors (Lipinski definition) is 1. The molecule has 2 rings (SSSR count). The average molecular weight is 292 g/mol. The van der Waals surface area contributed by atoms with E-state index in [9.17, 15) is 9.00 Å². The topological polar surface area (TPSA) is 67.5 Å². The molecular formula is C15H16O4S. The predicted molar refractivity (Wildman–Crippen MR) is 77.1 cm³/mol. The van der Waals surface area contributed by atoms with Gasteiger partial charge in [-0.3, -0.25) is 4.21 Å². The second-order valence-electron chi connectivity index (χ2n) is 4.80. The van der Waals surface area contributed by atoms with E-state index in [-0.39, 0.29) is 11.5 Å². The fraction of sp³-hybridized carbons (Fsp3) is 0.267. The summed E-state index contributed by atoms with van der Waals surface area (Å²) in [7, 11) is -1.17. The highest BCUT2D eigenvalue weighted by atomic mass is 32.2. The minimum absolute atomic E-state index is 0.126. The van der Waals surface area contributed by atoms with Gasteiger partial charge in [0.2, 0.25) is 5.76 Å². The highest BCUT2D eigenvalue weighted by Crippen LogP contribution is 2.16. The average Bonchev–Trinajstić information content (AvgIpc) is 2.75. The fourth-order valence-electron chi connectivity index (χ4n) is 2.20. The second-order valence-corrected chi connectivity index (χ2v) is 6.26. The van der Waals surface area contributed by atoms with E-state index in [0.717, 1.165) is 16.7 Å². The quantitative estimate of drug-likeness (QED) is 0.919. The van der Waals surface area contributed by atoms with Crippen LogP contribution in [0.25, 0.3) is 0 Å². The van der Waals surface area contributed by atoms with Gasteiger partial charge in [-0.2, -0.15) is 0 Å². The summed E-state index contributed by atoms with van der Waals surface area (Å²) in [5, 5.41) is 8.94. The number of furan rings is 1. The van der Waals surface area contributed by atoms with Crippen LogP contribution < -0.4 is 0 Å². The number of carboxylic acid groups (broad SMARTS) is 1. The van der Waals surface area contributed by atoms with Crippen molar-refractivity contribution in [3.05, 3.63) is 58.5 Å². The SMILES string of the molecule is Cc1cc(C)cc(CS(=O)Cc2ccoc2C(=O)O)c1. The Balaban J connectivity index is 2.09. The first-order valence-electron chi connectivity index (χ1n) is 6.17. The predicted octanol–water partition coefficient (Wildman–Crippen LogP) is 3.04. The molecule has 1 aromatic carbocycles. The van der Waals surface area contributed by atoms with Crippen LogP contribution in [0.3, 0.4) is 0 Å². The number of rotatable bonds is 5. The molecule has 0 radical (unpaired) electrons. The molecule has 0 bridgehead atoms. The Bertz CT molecular complexity index is 637. The van der Waals surface area contributed by atoms with E-state index < -0.39 is 16.8 Å². The van der Waals surface area contributed by atoms with Crippen LogP contribution in [0.2, 0.25) is 0 Å². The molecule has 1 heterocycles. The van der Waals surface area contributed by atoms with Gasteiger partial charge in [0.1, 0.15) is 0 Å². The summed E-state index contributed by atoms with van der Waals surface area (Å²) in [4.78, 5) is 10.9. The molecule has 5 heteroatoms. The monoisotopic (exact) mass is 292 g/mol. The van der Waals surface area contributed by atoms with Gasteiger partial charge in [-0.15, -0.1) is 0 Å². The Kier molecular flexibility index (Phi) is 4.39. The third kappa shape index (κ3) is 3.57. The number of hydrogen-bond acceptors (Lipinski definition) is 3. The molecule has 0 aliphatic rings. The Hall–Kier alpha value is -1.88. The molecule has 1 atom stereocenters. The molecule has 4 nitrogen and oxygen atoms in total. The van der Waals surface area contributed by atoms with Crippen molar-refractivity contribution >= 4 is 16.8 Å². The summed E-state index contributed by atoms with van der Waals surface area (Å²) in [5.74, 6) is -0.662. The lowest BCUT2D eigenvalue weighted by Gasteiger charge is -2.05. The van der Waals surface area contributed by atoms with Crippen LogP contribution in [0.5, 0.6) is 0 Å². The zero-order valence-electron chi connectivity index (χ0n) is 11.4. The number of carboxylic acids is 1. The summed E-state index contributed by atoms with van der Waals surface area (Å²) in [5.41, 5.74) is 3.74. The lowest BCUT2D eigenvalue weighted by Crippen LogP contribution is -2.04. The minimum atomic E-state index is -1.17. The highest BCUT2D eigenvalue weighted by molar-refractivity contribution is 7.83. The van der Waals surface area contributed by atoms with Crippen molar-refractivity contribution in [2.24, 2.45) is 0 Å². The fourth-order valence-corrected chi connectivity index (χ4v) is 3.41. The Morgan fingerprint density at radius 2 is 1.85 bits per heavy atom. The smallest absolute Gasteiger partial charge is 0.372 e. The van der Waals surface area contributed by atoms with Crippen LogP contribution in [-0.4, -0.2) is 15.3 Å². The van der Waals surface area contributed by atoms with E-state index in [1.807, 2.05) is 26.0 Å². The zero-order chi connectivity index (χ0) is 14.7. The minimum Gasteiger partial charge on any atom is -0.475 e. The molecule has 106 valence electrons. The summed E-state index contributed by atoms with van der Waals surface area (Å²) in [6.45, 7) is 4.00. The Morgan fingerprint density at radius 1 is 1.20 bits per heavy atom. The van der Waals surface area contributed by atoms with Gasteiger partial charge >= 0.3 is 5.97 Å². The molecule has 20 heavy (non-hydrogen) atoms. The molecule has 1 aromatic heterocycles. The van der Waals surface area contributed by atoms with Crippen molar-refractivity contribution in [3.63, 3.8) is 0 Å². The molecule has 1 unspecified atom stereocenters. The van der Waals surface area contributed by atoms with Crippen LogP contribution >= 0.6 is 0 Å². The van der Waals surface area contributed by atoms with Gasteiger partial charge in [-0.05, 0) is 25.5 Å². The van der Waals surface area contributed by atoms with Gasteiger partial charge in [0, 0.05) is 22.1 Å². The van der Waals surface area contributed by atoms with Crippen LogP contribution in [0.15, 0.2) is 34.9 Å². The highest BCUT2D eigenvalue weighted by Gasteiger charge is 2.16. The number of aromatic carboxylic acids is 1. The summed E-state index contributed by atoms with van der Waals surface area (Å²) in [6.07, 6.45) is 1.31. The van der Waals surface area contributed by atoms with E-state index >= 15 is 0 Å². The maximum absolute atomic E-state index is 12.2. The van der Waals surface area contributed by atoms with E-state index in [1.165, 1.54) is 6.26 Å². The van der Waals surface area contributed by atoms with E-state index in [4.69, 9.17) is 9.52 Å². The molecule has 2 aromatic rings. The normalized spacial score (nSPS) is 12.3. The maximum atomic E-state index is 12.2. The lowest BCUT2D eigenvalue weighted by atomic mass is 10.1. The first kappa shape index (κ1) is 14.5. The van der Waals surface area contributed by atoms with Crippen LogP contribution in [-0.2, 0) is 22.3 Å². The van der Waals surface area contributed by atoms with E-state index in [2.05, 4.69) is 6.07 Å². The molecule has 0 fully saturated rings. The molecule has 0 aliphatic heterocycles. The van der Waals surface area contributed by atoms with Crippen LogP contribution in [0, 0.1) is 13.8 Å². The molecule has 0 aliphatic carbocycles. The second kappa shape index (κ2) is 6.05. The summed E-state index contributed by atoms with van der Waals surface area (Å²) in [6, 6.07) is 7.62. The van der Waals surface area contributed by atoms with Crippen molar-refractivity contribution in [1.29, 1.82) is 0 Å². The third-order valence-electron chi connectivity index (χ3n) is 2.87. The molecule has 0 amide bonds. The molecule has 0 spiro atoms. The Morgan fingerprint density at radius 3 is 2.45 bits per heavy atom. The Labute approximate surface area is 119 Å². The number of carbonyl (C=O) groups is 1. The van der Waals surface area contributed by atoms with Crippen molar-refractivity contribution < 1.29 is 18.5 Å². The van der Waals surface area contributed by atoms with E-state index in [1.54, 1.807) is 6.07 Å². The van der Waals surface area contributed by atoms with Crippen molar-refractivity contribution in [2.75, 3.05) is 0 Å². The molecule has 1 N–H and O–H groups in total. The first-order valence-corrected chi connectivity index (χ1v) is 7.66. The summed E-state index contributed by atoms with van der Waals surface area (Å²) >= 11 is 0. The van der Waals surface area contributed by atoms with Crippen LogP contribution in [0.1, 0.15) is 32.8 Å². The van der Waals surface area contributed by atoms with Gasteiger partial charge in [0.05, 0.1) is 12.0 Å². The van der Waals surface area contributed by atoms with Crippen molar-refractivity contribution in [3.8, 4) is 0 Å². The van der Waals surface area contributed by atoms with Crippen LogP contribution in [0.4, 0.5) is 0 Å². The largest absolute Gasteiger partial charge is 0.475 e. The standard InChI is InChI=1S/C15H16O4S/c1-10-5-11(2)7-12(6-10)8-20(18)9-13-3-4-19-14(13)15(16)17/h3-7H,8-9H2,1-2H3,(H,16,17). The molecule has 0 saturated carbocycles. The number of aryl methyl sites for hydroxylation is 2. The lowest BCUT2D eigenvalue weighted by molar-refractivity contribution is 0.0661. The molecular weight excluding hydrogens is 276 g/mol. The summed E-state index contributed by atoms with van der Waals surface area (Å²) < 4.78 is 17.0. The van der Waals surface area contributed by atoms with Gasteiger partial charge in [0.25, 0.3) is 0 Å². The van der Waals surface area contributed by atoms with Gasteiger partial charge in [-0.1, -0.05) is 29.3 Å². The van der Waals surface area contributed by atoms with Gasteiger partial charge < -0.3 is 9.52 Å².